The van der Waals surface area contributed by atoms with E-state index in [0.29, 0.717) is 0 Å². The molecule has 0 amide bonds. The van der Waals surface area contributed by atoms with Crippen LogP contribution in [0.25, 0.3) is 0 Å². The summed E-state index contributed by atoms with van der Waals surface area (Å²) in [6.45, 7) is 7.56. The summed E-state index contributed by atoms with van der Waals surface area (Å²) in [6, 6.07) is 0. The summed E-state index contributed by atoms with van der Waals surface area (Å²) < 4.78 is 0. The van der Waals surface area contributed by atoms with E-state index >= 15 is 0 Å². The standard InChI is InChI=1S/2C6H12O2.La/c2*1-3-5(4-2)6(7)8;/h2*5H,3-4H2,1-2H3,(H,7,8);. The Morgan fingerprint density at radius 2 is 0.941 bits per heavy atom. The van der Waals surface area contributed by atoms with Gasteiger partial charge < -0.3 is 10.2 Å². The first kappa shape index (κ1) is 22.3. The maximum Gasteiger partial charge on any atom is 0.306 e. The van der Waals surface area contributed by atoms with Crippen molar-refractivity contribution in [3.05, 3.63) is 0 Å². The number of hydrogen-bond donors (Lipinski definition) is 2. The van der Waals surface area contributed by atoms with E-state index in [2.05, 4.69) is 0 Å². The average Bonchev–Trinajstić information content (AvgIpc) is 2.21. The predicted molar refractivity (Wildman–Crippen MR) is 63.4 cm³/mol. The van der Waals surface area contributed by atoms with Gasteiger partial charge in [-0.15, -0.1) is 0 Å². The van der Waals surface area contributed by atoms with Gasteiger partial charge in [0, 0.05) is 35.6 Å². The Hall–Kier alpha value is 0.135. The second-order valence-corrected chi connectivity index (χ2v) is 3.70. The van der Waals surface area contributed by atoms with Crippen LogP contribution in [0.2, 0.25) is 0 Å². The molecule has 0 aromatic heterocycles. The monoisotopic (exact) mass is 371 g/mol. The molecule has 17 heavy (non-hydrogen) atoms. The molecule has 0 aliphatic heterocycles. The average molecular weight is 371 g/mol. The molecule has 99 valence electrons. The zero-order valence-corrected chi connectivity index (χ0v) is 14.9. The van der Waals surface area contributed by atoms with Gasteiger partial charge in [-0.1, -0.05) is 27.7 Å². The number of rotatable bonds is 6. The van der Waals surface area contributed by atoms with Crippen LogP contribution < -0.4 is 0 Å². The Labute approximate surface area is 132 Å². The number of carboxylic acid groups (broad SMARTS) is 2. The summed E-state index contributed by atoms with van der Waals surface area (Å²) >= 11 is 0. The van der Waals surface area contributed by atoms with Crippen LogP contribution in [0.5, 0.6) is 0 Å². The summed E-state index contributed by atoms with van der Waals surface area (Å²) in [6.07, 6.45) is 2.97. The van der Waals surface area contributed by atoms with E-state index in [1.165, 1.54) is 0 Å². The summed E-state index contributed by atoms with van der Waals surface area (Å²) in [5, 5.41) is 16.7. The molecule has 0 spiro atoms. The molecule has 1 radical (unpaired) electrons. The van der Waals surface area contributed by atoms with Gasteiger partial charge in [0.1, 0.15) is 0 Å². The Bertz CT molecular complexity index is 177. The Morgan fingerprint density at radius 3 is 0.941 bits per heavy atom. The smallest absolute Gasteiger partial charge is 0.306 e. The third kappa shape index (κ3) is 12.4. The fraction of sp³-hybridized carbons (Fsp3) is 0.833. The van der Waals surface area contributed by atoms with Crippen molar-refractivity contribution in [3.63, 3.8) is 0 Å². The minimum atomic E-state index is -0.671. The van der Waals surface area contributed by atoms with Crippen LogP contribution >= 0.6 is 0 Å². The van der Waals surface area contributed by atoms with Gasteiger partial charge in [0.25, 0.3) is 0 Å². The molecule has 4 nitrogen and oxygen atoms in total. The van der Waals surface area contributed by atoms with Crippen molar-refractivity contribution in [1.29, 1.82) is 0 Å². The molecule has 0 atom stereocenters. The fourth-order valence-corrected chi connectivity index (χ4v) is 1.28. The zero-order valence-electron chi connectivity index (χ0n) is 11.3. The van der Waals surface area contributed by atoms with E-state index in [-0.39, 0.29) is 47.4 Å². The minimum absolute atomic E-state index is 0. The largest absolute Gasteiger partial charge is 0.481 e. The topological polar surface area (TPSA) is 74.6 Å². The van der Waals surface area contributed by atoms with Gasteiger partial charge >= 0.3 is 11.9 Å². The molecule has 5 heteroatoms. The van der Waals surface area contributed by atoms with Crippen molar-refractivity contribution in [1.82, 2.24) is 0 Å². The maximum atomic E-state index is 10.2. The van der Waals surface area contributed by atoms with Crippen molar-refractivity contribution in [2.75, 3.05) is 0 Å². The number of hydrogen-bond acceptors (Lipinski definition) is 2. The molecule has 0 saturated carbocycles. The summed E-state index contributed by atoms with van der Waals surface area (Å²) in [5.41, 5.74) is 0. The summed E-state index contributed by atoms with van der Waals surface area (Å²) in [5.74, 6) is -1.60. The molecule has 0 aliphatic carbocycles. The molecule has 0 aromatic carbocycles. The maximum absolute atomic E-state index is 10.2. The quantitative estimate of drug-likeness (QED) is 0.753. The molecule has 0 aromatic rings. The van der Waals surface area contributed by atoms with Crippen molar-refractivity contribution in [2.24, 2.45) is 11.8 Å². The molecule has 0 bridgehead atoms. The van der Waals surface area contributed by atoms with Gasteiger partial charge in [-0.05, 0) is 25.7 Å². The number of carboxylic acids is 2. The van der Waals surface area contributed by atoms with Crippen LogP contribution in [0.4, 0.5) is 0 Å². The van der Waals surface area contributed by atoms with E-state index < -0.39 is 11.9 Å². The molecule has 0 aliphatic rings. The van der Waals surface area contributed by atoms with Gasteiger partial charge in [-0.25, -0.2) is 0 Å². The van der Waals surface area contributed by atoms with E-state index in [9.17, 15) is 9.59 Å². The minimum Gasteiger partial charge on any atom is -0.481 e. The van der Waals surface area contributed by atoms with Gasteiger partial charge in [0.05, 0.1) is 11.8 Å². The molecular formula is C12H24LaO4. The third-order valence-electron chi connectivity index (χ3n) is 2.67. The molecule has 0 rings (SSSR count). The normalized spacial score (nSPS) is 9.29. The predicted octanol–water partition coefficient (Wildman–Crippen LogP) is 3.01. The molecule has 0 fully saturated rings. The molecular weight excluding hydrogens is 347 g/mol. The molecule has 2 N–H and O–H groups in total. The fourth-order valence-electron chi connectivity index (χ4n) is 1.28. The first-order chi connectivity index (χ1) is 7.44. The van der Waals surface area contributed by atoms with Gasteiger partial charge in [-0.3, -0.25) is 9.59 Å². The SMILES string of the molecule is CCC(CC)C(=O)O.CCC(CC)C(=O)O.[La]. The van der Waals surface area contributed by atoms with Crippen LogP contribution in [0.15, 0.2) is 0 Å². The Kier molecular flexibility index (Phi) is 18.6. The summed E-state index contributed by atoms with van der Waals surface area (Å²) in [7, 11) is 0. The molecule has 0 saturated heterocycles. The number of aliphatic carboxylic acids is 2. The van der Waals surface area contributed by atoms with Gasteiger partial charge in [0.2, 0.25) is 0 Å². The molecule has 0 unspecified atom stereocenters. The van der Waals surface area contributed by atoms with Crippen LogP contribution in [0, 0.1) is 47.4 Å². The van der Waals surface area contributed by atoms with E-state index in [4.69, 9.17) is 10.2 Å². The van der Waals surface area contributed by atoms with E-state index in [1.54, 1.807) is 0 Å². The van der Waals surface area contributed by atoms with Crippen LogP contribution in [-0.2, 0) is 9.59 Å². The van der Waals surface area contributed by atoms with E-state index in [0.717, 1.165) is 25.7 Å². The Balaban J connectivity index is -0.000000218. The summed E-state index contributed by atoms with van der Waals surface area (Å²) in [4.78, 5) is 20.3. The first-order valence-corrected chi connectivity index (χ1v) is 5.89. The van der Waals surface area contributed by atoms with E-state index in [1.807, 2.05) is 27.7 Å². The van der Waals surface area contributed by atoms with Crippen molar-refractivity contribution < 1.29 is 55.4 Å². The third-order valence-corrected chi connectivity index (χ3v) is 2.67. The van der Waals surface area contributed by atoms with Crippen molar-refractivity contribution in [2.45, 2.75) is 53.4 Å². The van der Waals surface area contributed by atoms with Crippen molar-refractivity contribution >= 4 is 11.9 Å². The van der Waals surface area contributed by atoms with Gasteiger partial charge in [0.15, 0.2) is 0 Å². The number of carbonyl (C=O) groups is 2. The molecule has 0 heterocycles. The zero-order chi connectivity index (χ0) is 13.1. The Morgan fingerprint density at radius 1 is 0.765 bits per heavy atom. The first-order valence-electron chi connectivity index (χ1n) is 5.89. The van der Waals surface area contributed by atoms with Gasteiger partial charge in [-0.2, -0.15) is 0 Å². The van der Waals surface area contributed by atoms with Crippen LogP contribution in [0.3, 0.4) is 0 Å². The van der Waals surface area contributed by atoms with Crippen molar-refractivity contribution in [3.8, 4) is 0 Å². The second kappa shape index (κ2) is 14.2. The van der Waals surface area contributed by atoms with Crippen LogP contribution in [0.1, 0.15) is 53.4 Å². The van der Waals surface area contributed by atoms with Crippen LogP contribution in [-0.4, -0.2) is 22.2 Å². The second-order valence-electron chi connectivity index (χ2n) is 3.70.